The summed E-state index contributed by atoms with van der Waals surface area (Å²) in [6, 6.07) is 8.07. The van der Waals surface area contributed by atoms with Crippen molar-refractivity contribution < 1.29 is 4.79 Å². The molecule has 0 heterocycles. The van der Waals surface area contributed by atoms with E-state index in [4.69, 9.17) is 5.84 Å². The van der Waals surface area contributed by atoms with Crippen LogP contribution >= 0.6 is 11.8 Å². The first-order valence-electron chi connectivity index (χ1n) is 5.66. The van der Waals surface area contributed by atoms with Crippen LogP contribution in [0, 0.1) is 0 Å². The van der Waals surface area contributed by atoms with Gasteiger partial charge in [-0.1, -0.05) is 26.0 Å². The van der Waals surface area contributed by atoms with E-state index >= 15 is 0 Å². The second-order valence-electron chi connectivity index (χ2n) is 4.79. The van der Waals surface area contributed by atoms with Gasteiger partial charge in [0.05, 0.1) is 5.41 Å². The summed E-state index contributed by atoms with van der Waals surface area (Å²) in [5.41, 5.74) is 2.57. The second kappa shape index (κ2) is 5.56. The molecule has 0 radical (unpaired) electrons. The topological polar surface area (TPSA) is 55.1 Å². The molecule has 0 saturated carbocycles. The molecule has 3 N–H and O–H groups in total. The third-order valence-electron chi connectivity index (χ3n) is 2.65. The van der Waals surface area contributed by atoms with E-state index in [2.05, 4.69) is 19.3 Å². The number of rotatable bonds is 4. The predicted octanol–water partition coefficient (Wildman–Crippen LogP) is 2.45. The van der Waals surface area contributed by atoms with Gasteiger partial charge in [0.2, 0.25) is 5.91 Å². The lowest BCUT2D eigenvalue weighted by Gasteiger charge is -2.23. The molecule has 0 aliphatic heterocycles. The maximum absolute atomic E-state index is 11.7. The van der Waals surface area contributed by atoms with Gasteiger partial charge >= 0.3 is 0 Å². The van der Waals surface area contributed by atoms with Crippen LogP contribution in [0.3, 0.4) is 0 Å². The van der Waals surface area contributed by atoms with Crippen LogP contribution in [0.15, 0.2) is 29.2 Å². The number of amides is 1. The van der Waals surface area contributed by atoms with Crippen molar-refractivity contribution in [3.05, 3.63) is 29.8 Å². The van der Waals surface area contributed by atoms with E-state index in [1.165, 1.54) is 4.90 Å². The molecular weight excluding hydrogens is 232 g/mol. The van der Waals surface area contributed by atoms with Gasteiger partial charge < -0.3 is 0 Å². The minimum Gasteiger partial charge on any atom is -0.294 e. The molecule has 0 spiro atoms. The van der Waals surface area contributed by atoms with E-state index in [9.17, 15) is 4.79 Å². The molecule has 1 rings (SSSR count). The molecular formula is C13H20N2OS. The SMILES string of the molecule is CC(C)Sc1ccc(C(C)(C)C(=O)NN)cc1. The highest BCUT2D eigenvalue weighted by Gasteiger charge is 2.28. The van der Waals surface area contributed by atoms with Crippen molar-refractivity contribution in [2.75, 3.05) is 0 Å². The van der Waals surface area contributed by atoms with E-state index in [0.29, 0.717) is 5.25 Å². The predicted molar refractivity (Wildman–Crippen MR) is 72.8 cm³/mol. The summed E-state index contributed by atoms with van der Waals surface area (Å²) in [6.07, 6.45) is 0. The summed E-state index contributed by atoms with van der Waals surface area (Å²) >= 11 is 1.81. The minimum atomic E-state index is -0.601. The van der Waals surface area contributed by atoms with Gasteiger partial charge in [-0.2, -0.15) is 0 Å². The van der Waals surface area contributed by atoms with Gasteiger partial charge in [0.25, 0.3) is 0 Å². The Hall–Kier alpha value is -1.00. The highest BCUT2D eigenvalue weighted by molar-refractivity contribution is 7.99. The number of nitrogens with one attached hydrogen (secondary N) is 1. The van der Waals surface area contributed by atoms with Crippen LogP contribution in [0.25, 0.3) is 0 Å². The van der Waals surface area contributed by atoms with Crippen molar-refractivity contribution >= 4 is 17.7 Å². The fraction of sp³-hybridized carbons (Fsp3) is 0.462. The molecule has 0 atom stereocenters. The van der Waals surface area contributed by atoms with Crippen LogP contribution in [0.5, 0.6) is 0 Å². The van der Waals surface area contributed by atoms with Crippen molar-refractivity contribution in [2.24, 2.45) is 5.84 Å². The summed E-state index contributed by atoms with van der Waals surface area (Å²) in [5, 5.41) is 0.557. The number of benzene rings is 1. The number of hydrogen-bond acceptors (Lipinski definition) is 3. The molecule has 1 amide bonds. The Kier molecular flexibility index (Phi) is 4.60. The first kappa shape index (κ1) is 14.1. The summed E-state index contributed by atoms with van der Waals surface area (Å²) in [6.45, 7) is 8.04. The van der Waals surface area contributed by atoms with Crippen molar-refractivity contribution in [3.8, 4) is 0 Å². The first-order valence-corrected chi connectivity index (χ1v) is 6.54. The quantitative estimate of drug-likeness (QED) is 0.374. The fourth-order valence-corrected chi connectivity index (χ4v) is 2.37. The molecule has 0 unspecified atom stereocenters. The largest absolute Gasteiger partial charge is 0.294 e. The molecule has 0 saturated heterocycles. The molecule has 0 bridgehead atoms. The molecule has 0 fully saturated rings. The lowest BCUT2D eigenvalue weighted by atomic mass is 9.84. The lowest BCUT2D eigenvalue weighted by Crippen LogP contribution is -2.43. The van der Waals surface area contributed by atoms with Crippen molar-refractivity contribution in [3.63, 3.8) is 0 Å². The molecule has 3 nitrogen and oxygen atoms in total. The number of thioether (sulfide) groups is 1. The third-order valence-corrected chi connectivity index (χ3v) is 3.66. The smallest absolute Gasteiger partial charge is 0.243 e. The van der Waals surface area contributed by atoms with E-state index in [1.54, 1.807) is 11.8 Å². The lowest BCUT2D eigenvalue weighted by molar-refractivity contribution is -0.125. The number of carbonyl (C=O) groups excluding carboxylic acids is 1. The summed E-state index contributed by atoms with van der Waals surface area (Å²) in [4.78, 5) is 12.9. The number of nitrogens with two attached hydrogens (primary N) is 1. The van der Waals surface area contributed by atoms with Gasteiger partial charge in [0.15, 0.2) is 0 Å². The highest BCUT2D eigenvalue weighted by atomic mass is 32.2. The van der Waals surface area contributed by atoms with Crippen LogP contribution < -0.4 is 11.3 Å². The Balaban J connectivity index is 2.90. The molecule has 1 aromatic carbocycles. The van der Waals surface area contributed by atoms with Gasteiger partial charge in [-0.25, -0.2) is 5.84 Å². The van der Waals surface area contributed by atoms with E-state index in [0.717, 1.165) is 5.56 Å². The van der Waals surface area contributed by atoms with E-state index < -0.39 is 5.41 Å². The molecule has 94 valence electrons. The average Bonchev–Trinajstić information content (AvgIpc) is 2.27. The normalized spacial score (nSPS) is 11.6. The Morgan fingerprint density at radius 3 is 2.24 bits per heavy atom. The van der Waals surface area contributed by atoms with Crippen molar-refractivity contribution in [1.82, 2.24) is 5.43 Å². The van der Waals surface area contributed by atoms with Gasteiger partial charge in [-0.3, -0.25) is 10.2 Å². The van der Waals surface area contributed by atoms with Gasteiger partial charge in [0.1, 0.15) is 0 Å². The molecule has 0 aliphatic rings. The third kappa shape index (κ3) is 3.48. The zero-order valence-corrected chi connectivity index (χ0v) is 11.6. The summed E-state index contributed by atoms with van der Waals surface area (Å²) < 4.78 is 0. The Bertz CT molecular complexity index is 385. The van der Waals surface area contributed by atoms with Crippen LogP contribution in [0.4, 0.5) is 0 Å². The van der Waals surface area contributed by atoms with Crippen molar-refractivity contribution in [1.29, 1.82) is 0 Å². The number of carbonyl (C=O) groups is 1. The number of hydrazine groups is 1. The Morgan fingerprint density at radius 1 is 1.29 bits per heavy atom. The Morgan fingerprint density at radius 2 is 1.82 bits per heavy atom. The van der Waals surface area contributed by atoms with Crippen LogP contribution in [0.1, 0.15) is 33.3 Å². The summed E-state index contributed by atoms with van der Waals surface area (Å²) in [5.74, 6) is 5.01. The average molecular weight is 252 g/mol. The Labute approximate surface area is 107 Å². The van der Waals surface area contributed by atoms with Crippen LogP contribution in [0.2, 0.25) is 0 Å². The van der Waals surface area contributed by atoms with Crippen LogP contribution in [-0.2, 0) is 10.2 Å². The number of hydrogen-bond donors (Lipinski definition) is 2. The van der Waals surface area contributed by atoms with E-state index in [-0.39, 0.29) is 5.91 Å². The molecule has 17 heavy (non-hydrogen) atoms. The van der Waals surface area contributed by atoms with Gasteiger partial charge in [0, 0.05) is 10.1 Å². The minimum absolute atomic E-state index is 0.179. The van der Waals surface area contributed by atoms with Gasteiger partial charge in [-0.05, 0) is 31.5 Å². The first-order chi connectivity index (χ1) is 7.87. The standard InChI is InChI=1S/C13H20N2OS/c1-9(2)17-11-7-5-10(6-8-11)13(3,4)12(16)15-14/h5-9H,14H2,1-4H3,(H,15,16). The van der Waals surface area contributed by atoms with Crippen LogP contribution in [-0.4, -0.2) is 11.2 Å². The monoisotopic (exact) mass is 252 g/mol. The highest BCUT2D eigenvalue weighted by Crippen LogP contribution is 2.28. The van der Waals surface area contributed by atoms with E-state index in [1.807, 2.05) is 38.1 Å². The van der Waals surface area contributed by atoms with Gasteiger partial charge in [-0.15, -0.1) is 11.8 Å². The summed E-state index contributed by atoms with van der Waals surface area (Å²) in [7, 11) is 0. The second-order valence-corrected chi connectivity index (χ2v) is 6.44. The van der Waals surface area contributed by atoms with Crippen molar-refractivity contribution in [2.45, 2.75) is 43.3 Å². The zero-order chi connectivity index (χ0) is 13.1. The fourth-order valence-electron chi connectivity index (χ4n) is 1.53. The molecule has 0 aromatic heterocycles. The zero-order valence-electron chi connectivity index (χ0n) is 10.8. The molecule has 1 aromatic rings. The maximum atomic E-state index is 11.7. The molecule has 4 heteroatoms. The maximum Gasteiger partial charge on any atom is 0.243 e. The molecule has 0 aliphatic carbocycles.